The van der Waals surface area contributed by atoms with Gasteiger partial charge in [-0.25, -0.2) is 9.97 Å². The molecule has 1 atom stereocenters. The molecular formula is C19H21N5S. The lowest BCUT2D eigenvalue weighted by atomic mass is 10.1. The van der Waals surface area contributed by atoms with Crippen LogP contribution >= 0.6 is 11.3 Å². The molecule has 3 aromatic rings. The van der Waals surface area contributed by atoms with Crippen LogP contribution in [0.4, 0.5) is 10.9 Å². The fraction of sp³-hybridized carbons (Fsp3) is 0.316. The third kappa shape index (κ3) is 3.86. The predicted octanol–water partition coefficient (Wildman–Crippen LogP) is 4.32. The van der Waals surface area contributed by atoms with Gasteiger partial charge in [-0.3, -0.25) is 9.88 Å². The highest BCUT2D eigenvalue weighted by molar-refractivity contribution is 7.13. The van der Waals surface area contributed by atoms with Gasteiger partial charge in [0.2, 0.25) is 0 Å². The van der Waals surface area contributed by atoms with Crippen molar-refractivity contribution in [2.45, 2.75) is 32.4 Å². The first-order valence-electron chi connectivity index (χ1n) is 8.57. The number of thiazole rings is 1. The highest BCUT2D eigenvalue weighted by Gasteiger charge is 2.28. The van der Waals surface area contributed by atoms with E-state index in [0.29, 0.717) is 6.04 Å². The maximum atomic E-state index is 4.81. The molecule has 25 heavy (non-hydrogen) atoms. The van der Waals surface area contributed by atoms with Crippen LogP contribution < -0.4 is 5.32 Å². The Labute approximate surface area is 151 Å². The summed E-state index contributed by atoms with van der Waals surface area (Å²) in [7, 11) is 0. The van der Waals surface area contributed by atoms with E-state index in [1.807, 2.05) is 37.5 Å². The molecule has 4 rings (SSSR count). The molecule has 1 saturated heterocycles. The zero-order valence-electron chi connectivity index (χ0n) is 14.2. The maximum Gasteiger partial charge on any atom is 0.188 e. The number of likely N-dealkylation sites (tertiary alicyclic amines) is 1. The molecule has 3 aromatic heterocycles. The molecular weight excluding hydrogens is 330 g/mol. The Balaban J connectivity index is 1.46. The number of rotatable bonds is 5. The van der Waals surface area contributed by atoms with Crippen LogP contribution in [0.15, 0.2) is 48.1 Å². The molecule has 6 heteroatoms. The van der Waals surface area contributed by atoms with Crippen molar-refractivity contribution >= 4 is 22.3 Å². The monoisotopic (exact) mass is 351 g/mol. The standard InChI is InChI=1S/C19H21N5S/c1-14-7-8-18(21-11-14)23-19-22-16(13-25-19)17-6-4-10-24(17)12-15-5-2-3-9-20-15/h2-3,5,7-9,11,13,17H,4,6,10,12H2,1H3,(H,21,22,23). The van der Waals surface area contributed by atoms with Gasteiger partial charge in [-0.1, -0.05) is 12.1 Å². The van der Waals surface area contributed by atoms with E-state index in [1.165, 1.54) is 6.42 Å². The van der Waals surface area contributed by atoms with Gasteiger partial charge in [-0.15, -0.1) is 11.3 Å². The van der Waals surface area contributed by atoms with E-state index in [0.717, 1.165) is 47.4 Å². The number of aryl methyl sites for hydroxylation is 1. The van der Waals surface area contributed by atoms with Crippen LogP contribution in [0.3, 0.4) is 0 Å². The summed E-state index contributed by atoms with van der Waals surface area (Å²) in [5, 5.41) is 6.37. The van der Waals surface area contributed by atoms with E-state index >= 15 is 0 Å². The molecule has 0 radical (unpaired) electrons. The van der Waals surface area contributed by atoms with Crippen molar-refractivity contribution in [1.29, 1.82) is 0 Å². The van der Waals surface area contributed by atoms with Gasteiger partial charge in [0.05, 0.1) is 17.4 Å². The summed E-state index contributed by atoms with van der Waals surface area (Å²) in [6, 6.07) is 10.5. The van der Waals surface area contributed by atoms with Crippen LogP contribution in [-0.4, -0.2) is 26.4 Å². The molecule has 1 aliphatic heterocycles. The average molecular weight is 351 g/mol. The molecule has 0 aliphatic carbocycles. The zero-order valence-corrected chi connectivity index (χ0v) is 15.0. The van der Waals surface area contributed by atoms with Crippen LogP contribution in [-0.2, 0) is 6.54 Å². The molecule has 5 nitrogen and oxygen atoms in total. The third-order valence-electron chi connectivity index (χ3n) is 4.46. The van der Waals surface area contributed by atoms with Gasteiger partial charge < -0.3 is 5.32 Å². The van der Waals surface area contributed by atoms with Crippen molar-refractivity contribution in [1.82, 2.24) is 19.9 Å². The Morgan fingerprint density at radius 2 is 2.20 bits per heavy atom. The number of aromatic nitrogens is 3. The molecule has 128 valence electrons. The van der Waals surface area contributed by atoms with Crippen molar-refractivity contribution in [2.24, 2.45) is 0 Å². The molecule has 0 amide bonds. The van der Waals surface area contributed by atoms with E-state index in [2.05, 4.69) is 37.7 Å². The second-order valence-corrected chi connectivity index (χ2v) is 7.23. The SMILES string of the molecule is Cc1ccc(Nc2nc(C3CCCN3Cc3ccccn3)cs2)nc1. The summed E-state index contributed by atoms with van der Waals surface area (Å²) in [6.07, 6.45) is 6.08. The fourth-order valence-corrected chi connectivity index (χ4v) is 3.96. The van der Waals surface area contributed by atoms with E-state index in [4.69, 9.17) is 4.98 Å². The molecule has 1 fully saturated rings. The largest absolute Gasteiger partial charge is 0.316 e. The van der Waals surface area contributed by atoms with Gasteiger partial charge in [-0.05, 0) is 50.1 Å². The lowest BCUT2D eigenvalue weighted by molar-refractivity contribution is 0.242. The van der Waals surface area contributed by atoms with Crippen LogP contribution in [0, 0.1) is 6.92 Å². The number of anilines is 2. The number of hydrogen-bond donors (Lipinski definition) is 1. The minimum atomic E-state index is 0.375. The number of nitrogens with zero attached hydrogens (tertiary/aromatic N) is 4. The Morgan fingerprint density at radius 1 is 1.24 bits per heavy atom. The van der Waals surface area contributed by atoms with Crippen LogP contribution in [0.1, 0.15) is 35.8 Å². The zero-order chi connectivity index (χ0) is 17.1. The number of pyridine rings is 2. The summed E-state index contributed by atoms with van der Waals surface area (Å²) in [6.45, 7) is 4.01. The first-order chi connectivity index (χ1) is 12.3. The Bertz CT molecular complexity index is 815. The van der Waals surface area contributed by atoms with Gasteiger partial charge in [-0.2, -0.15) is 0 Å². The number of hydrogen-bond acceptors (Lipinski definition) is 6. The normalized spacial score (nSPS) is 17.7. The van der Waals surface area contributed by atoms with Gasteiger partial charge in [0.25, 0.3) is 0 Å². The molecule has 4 heterocycles. The Morgan fingerprint density at radius 3 is 3.00 bits per heavy atom. The van der Waals surface area contributed by atoms with E-state index in [1.54, 1.807) is 11.3 Å². The predicted molar refractivity (Wildman–Crippen MR) is 101 cm³/mol. The van der Waals surface area contributed by atoms with Crippen molar-refractivity contribution in [3.8, 4) is 0 Å². The Hall–Kier alpha value is -2.31. The summed E-state index contributed by atoms with van der Waals surface area (Å²) in [5.41, 5.74) is 3.42. The lowest BCUT2D eigenvalue weighted by Gasteiger charge is -2.22. The third-order valence-corrected chi connectivity index (χ3v) is 5.24. The van der Waals surface area contributed by atoms with Crippen LogP contribution in [0.25, 0.3) is 0 Å². The number of nitrogens with one attached hydrogen (secondary N) is 1. The fourth-order valence-electron chi connectivity index (χ4n) is 3.20. The van der Waals surface area contributed by atoms with E-state index in [-0.39, 0.29) is 0 Å². The maximum absolute atomic E-state index is 4.81. The van der Waals surface area contributed by atoms with E-state index < -0.39 is 0 Å². The highest BCUT2D eigenvalue weighted by Crippen LogP contribution is 2.34. The minimum Gasteiger partial charge on any atom is -0.316 e. The first-order valence-corrected chi connectivity index (χ1v) is 9.45. The summed E-state index contributed by atoms with van der Waals surface area (Å²) in [5.74, 6) is 0.836. The lowest BCUT2D eigenvalue weighted by Crippen LogP contribution is -2.23. The van der Waals surface area contributed by atoms with E-state index in [9.17, 15) is 0 Å². The van der Waals surface area contributed by atoms with Gasteiger partial charge in [0.1, 0.15) is 5.82 Å². The average Bonchev–Trinajstić information content (AvgIpc) is 3.27. The van der Waals surface area contributed by atoms with Gasteiger partial charge in [0.15, 0.2) is 5.13 Å². The topological polar surface area (TPSA) is 53.9 Å². The molecule has 1 unspecified atom stereocenters. The van der Waals surface area contributed by atoms with Gasteiger partial charge >= 0.3 is 0 Å². The molecule has 1 aliphatic rings. The summed E-state index contributed by atoms with van der Waals surface area (Å²) in [4.78, 5) is 16.1. The molecule has 1 N–H and O–H groups in total. The summed E-state index contributed by atoms with van der Waals surface area (Å²) >= 11 is 1.64. The molecule has 0 spiro atoms. The summed E-state index contributed by atoms with van der Waals surface area (Å²) < 4.78 is 0. The minimum absolute atomic E-state index is 0.375. The second kappa shape index (κ2) is 7.29. The van der Waals surface area contributed by atoms with Gasteiger partial charge in [0, 0.05) is 24.3 Å². The van der Waals surface area contributed by atoms with Crippen LogP contribution in [0.5, 0.6) is 0 Å². The Kier molecular flexibility index (Phi) is 4.72. The molecule has 0 aromatic carbocycles. The van der Waals surface area contributed by atoms with Crippen molar-refractivity contribution in [2.75, 3.05) is 11.9 Å². The second-order valence-electron chi connectivity index (χ2n) is 6.37. The van der Waals surface area contributed by atoms with Crippen molar-refractivity contribution < 1.29 is 0 Å². The molecule has 0 bridgehead atoms. The van der Waals surface area contributed by atoms with Crippen LogP contribution in [0.2, 0.25) is 0 Å². The molecule has 0 saturated carbocycles. The quantitative estimate of drug-likeness (QED) is 0.742. The smallest absolute Gasteiger partial charge is 0.188 e. The van der Waals surface area contributed by atoms with Crippen molar-refractivity contribution in [3.63, 3.8) is 0 Å². The first kappa shape index (κ1) is 16.2. The van der Waals surface area contributed by atoms with Crippen molar-refractivity contribution in [3.05, 3.63) is 65.1 Å². The highest BCUT2D eigenvalue weighted by atomic mass is 32.1.